The molecule has 0 bridgehead atoms. The van der Waals surface area contributed by atoms with Gasteiger partial charge in [0.15, 0.2) is 5.34 Å². The van der Waals surface area contributed by atoms with Gasteiger partial charge in [-0.3, -0.25) is 0 Å². The fourth-order valence-corrected chi connectivity index (χ4v) is 1.37. The van der Waals surface area contributed by atoms with Gasteiger partial charge in [-0.05, 0) is 12.8 Å². The molecule has 0 aromatic carbocycles. The third kappa shape index (κ3) is 14.6. The van der Waals surface area contributed by atoms with Crippen molar-refractivity contribution in [1.82, 2.24) is 0 Å². The van der Waals surface area contributed by atoms with Crippen LogP contribution < -0.4 is 0 Å². The Morgan fingerprint density at radius 1 is 1.24 bits per heavy atom. The molecule has 0 aromatic heterocycles. The Morgan fingerprint density at radius 3 is 2.18 bits per heavy atom. The van der Waals surface area contributed by atoms with Gasteiger partial charge in [-0.15, -0.1) is 4.91 Å². The van der Waals surface area contributed by atoms with Gasteiger partial charge >= 0.3 is 5.97 Å². The van der Waals surface area contributed by atoms with E-state index < -0.39 is 0 Å². The van der Waals surface area contributed by atoms with E-state index in [0.717, 1.165) is 12.8 Å². The lowest BCUT2D eigenvalue weighted by Gasteiger charge is -2.03. The first-order chi connectivity index (χ1) is 8.13. The van der Waals surface area contributed by atoms with E-state index in [0.29, 0.717) is 5.57 Å². The van der Waals surface area contributed by atoms with E-state index in [1.807, 2.05) is 0 Å². The highest BCUT2D eigenvalue weighted by Gasteiger charge is 2.04. The topological polar surface area (TPSA) is 76.0 Å². The fourth-order valence-electron chi connectivity index (χ4n) is 1.37. The highest BCUT2D eigenvalue weighted by atomic mass is 16.6. The number of rotatable bonds is 8. The molecule has 1 N–H and O–H groups in total. The monoisotopic (exact) mass is 245 g/mol. The number of carbonyl (C=O) groups excluding carboxylic acids is 1. The molecule has 0 aliphatic heterocycles. The molecule has 0 aliphatic rings. The standard InChI is InChI=1S/C12H22O2.HNO2/c1-4-5-6-7-8-9-10-11(2)12(13)14-3;2-1-3/h2,4-10H2,1,3H3;(H,2,3). The van der Waals surface area contributed by atoms with Crippen LogP contribution in [-0.4, -0.2) is 18.3 Å². The van der Waals surface area contributed by atoms with Gasteiger partial charge in [0, 0.05) is 5.57 Å². The molecule has 0 heterocycles. The third-order valence-electron chi connectivity index (χ3n) is 2.31. The van der Waals surface area contributed by atoms with Crippen LogP contribution in [0.15, 0.2) is 17.5 Å². The van der Waals surface area contributed by atoms with Gasteiger partial charge in [0.2, 0.25) is 0 Å². The van der Waals surface area contributed by atoms with Crippen molar-refractivity contribution in [3.63, 3.8) is 0 Å². The highest BCUT2D eigenvalue weighted by molar-refractivity contribution is 5.87. The van der Waals surface area contributed by atoms with Crippen molar-refractivity contribution in [3.05, 3.63) is 17.1 Å². The number of methoxy groups -OCH3 is 1. The lowest BCUT2D eigenvalue weighted by atomic mass is 10.1. The average molecular weight is 245 g/mol. The maximum Gasteiger partial charge on any atom is 0.333 e. The number of esters is 1. The summed E-state index contributed by atoms with van der Waals surface area (Å²) >= 11 is 0. The molecule has 0 unspecified atom stereocenters. The molecular formula is C12H23NO4. The first-order valence-electron chi connectivity index (χ1n) is 5.86. The third-order valence-corrected chi connectivity index (χ3v) is 2.31. The normalized spacial score (nSPS) is 8.82. The Kier molecular flexibility index (Phi) is 15.5. The molecule has 0 fully saturated rings. The van der Waals surface area contributed by atoms with E-state index in [2.05, 4.69) is 18.2 Å². The molecule has 100 valence electrons. The molecule has 5 nitrogen and oxygen atoms in total. The predicted molar refractivity (Wildman–Crippen MR) is 66.7 cm³/mol. The summed E-state index contributed by atoms with van der Waals surface area (Å²) in [6, 6.07) is 0. The fraction of sp³-hybridized carbons (Fsp3) is 0.750. The Bertz CT molecular complexity index is 217. The number of unbranched alkanes of at least 4 members (excludes halogenated alkanes) is 5. The number of ether oxygens (including phenoxy) is 1. The molecule has 0 rings (SSSR count). The van der Waals surface area contributed by atoms with Crippen molar-refractivity contribution < 1.29 is 14.7 Å². The number of hydrogen-bond donors (Lipinski definition) is 1. The molecule has 0 amide bonds. The van der Waals surface area contributed by atoms with Crippen LogP contribution in [0, 0.1) is 4.91 Å². The van der Waals surface area contributed by atoms with Gasteiger partial charge < -0.3 is 9.94 Å². The maximum atomic E-state index is 11.0. The second kappa shape index (κ2) is 14.6. The molecular weight excluding hydrogens is 222 g/mol. The summed E-state index contributed by atoms with van der Waals surface area (Å²) in [6.07, 6.45) is 8.18. The summed E-state index contributed by atoms with van der Waals surface area (Å²) in [5, 5.41) is 7.89. The van der Waals surface area contributed by atoms with Gasteiger partial charge in [0.05, 0.1) is 7.11 Å². The largest absolute Gasteiger partial charge is 0.466 e. The van der Waals surface area contributed by atoms with Crippen LogP contribution in [0.3, 0.4) is 0 Å². The number of hydrogen-bond acceptors (Lipinski definition) is 4. The summed E-state index contributed by atoms with van der Waals surface area (Å²) in [5.41, 5.74) is 0.600. The zero-order valence-electron chi connectivity index (χ0n) is 10.8. The van der Waals surface area contributed by atoms with Crippen LogP contribution in [0.4, 0.5) is 0 Å². The first-order valence-corrected chi connectivity index (χ1v) is 5.86. The van der Waals surface area contributed by atoms with E-state index in [1.54, 1.807) is 0 Å². The van der Waals surface area contributed by atoms with Crippen molar-refractivity contribution in [3.8, 4) is 0 Å². The zero-order valence-corrected chi connectivity index (χ0v) is 10.8. The van der Waals surface area contributed by atoms with Crippen molar-refractivity contribution in [2.75, 3.05) is 7.11 Å². The smallest absolute Gasteiger partial charge is 0.333 e. The summed E-state index contributed by atoms with van der Waals surface area (Å²) in [7, 11) is 1.40. The first kappa shape index (κ1) is 18.0. The quantitative estimate of drug-likeness (QED) is 0.233. The SMILES string of the molecule is C=C(CCCCCCCC)C(=O)OC.O=NO. The number of nitrogens with zero attached hydrogens (tertiary/aromatic N) is 1. The minimum atomic E-state index is -0.265. The molecule has 0 saturated heterocycles. The van der Waals surface area contributed by atoms with Crippen LogP contribution in [0.25, 0.3) is 0 Å². The van der Waals surface area contributed by atoms with Crippen molar-refractivity contribution in [2.45, 2.75) is 51.9 Å². The lowest BCUT2D eigenvalue weighted by molar-refractivity contribution is -0.136. The summed E-state index contributed by atoms with van der Waals surface area (Å²) in [6.45, 7) is 5.89. The molecule has 0 saturated carbocycles. The van der Waals surface area contributed by atoms with Gasteiger partial charge in [-0.2, -0.15) is 0 Å². The Hall–Kier alpha value is -1.39. The van der Waals surface area contributed by atoms with E-state index in [-0.39, 0.29) is 5.97 Å². The van der Waals surface area contributed by atoms with Gasteiger partial charge in [-0.25, -0.2) is 4.79 Å². The van der Waals surface area contributed by atoms with Gasteiger partial charge in [0.25, 0.3) is 0 Å². The van der Waals surface area contributed by atoms with Gasteiger partial charge in [0.1, 0.15) is 0 Å². The predicted octanol–water partition coefficient (Wildman–Crippen LogP) is 3.61. The van der Waals surface area contributed by atoms with Crippen LogP contribution in [0.5, 0.6) is 0 Å². The minimum absolute atomic E-state index is 0.265. The molecule has 0 atom stereocenters. The average Bonchev–Trinajstić information content (AvgIpc) is 2.33. The van der Waals surface area contributed by atoms with Crippen LogP contribution >= 0.6 is 0 Å². The second-order valence-electron chi connectivity index (χ2n) is 3.69. The van der Waals surface area contributed by atoms with Crippen LogP contribution in [-0.2, 0) is 9.53 Å². The molecule has 0 spiro atoms. The summed E-state index contributed by atoms with van der Waals surface area (Å²) < 4.78 is 4.57. The van der Waals surface area contributed by atoms with E-state index in [4.69, 9.17) is 10.1 Å². The summed E-state index contributed by atoms with van der Waals surface area (Å²) in [5.74, 6) is -0.265. The molecule has 0 aliphatic carbocycles. The molecule has 0 radical (unpaired) electrons. The molecule has 5 heteroatoms. The number of carbonyl (C=O) groups is 1. The Morgan fingerprint density at radius 2 is 1.71 bits per heavy atom. The highest BCUT2D eigenvalue weighted by Crippen LogP contribution is 2.11. The second-order valence-corrected chi connectivity index (χ2v) is 3.69. The lowest BCUT2D eigenvalue weighted by Crippen LogP contribution is -2.03. The zero-order chi connectivity index (χ0) is 13.5. The molecule has 0 aromatic rings. The van der Waals surface area contributed by atoms with E-state index in [1.165, 1.54) is 44.6 Å². The van der Waals surface area contributed by atoms with E-state index in [9.17, 15) is 4.79 Å². The van der Waals surface area contributed by atoms with Crippen LogP contribution in [0.2, 0.25) is 0 Å². The maximum absolute atomic E-state index is 11.0. The summed E-state index contributed by atoms with van der Waals surface area (Å²) in [4.78, 5) is 19.1. The van der Waals surface area contributed by atoms with Crippen molar-refractivity contribution >= 4 is 5.97 Å². The Balaban J connectivity index is 0. The minimum Gasteiger partial charge on any atom is -0.466 e. The molecule has 17 heavy (non-hydrogen) atoms. The van der Waals surface area contributed by atoms with Crippen LogP contribution in [0.1, 0.15) is 51.9 Å². The Labute approximate surface area is 103 Å². The van der Waals surface area contributed by atoms with Crippen molar-refractivity contribution in [2.24, 2.45) is 5.34 Å². The van der Waals surface area contributed by atoms with E-state index >= 15 is 0 Å². The van der Waals surface area contributed by atoms with Crippen molar-refractivity contribution in [1.29, 1.82) is 0 Å². The van der Waals surface area contributed by atoms with Gasteiger partial charge in [-0.1, -0.05) is 45.6 Å².